The van der Waals surface area contributed by atoms with Crippen LogP contribution in [0.5, 0.6) is 11.5 Å². The smallest absolute Gasteiger partial charge is 0.323 e. The molecule has 7 nitrogen and oxygen atoms in total. The average Bonchev–Trinajstić information content (AvgIpc) is 3.28. The first-order valence-electron chi connectivity index (χ1n) is 13.7. The summed E-state index contributed by atoms with van der Waals surface area (Å²) in [5, 5.41) is 20.1. The number of aryl methyl sites for hydroxylation is 3. The van der Waals surface area contributed by atoms with Gasteiger partial charge in [0.15, 0.2) is 0 Å². The molecule has 0 fully saturated rings. The van der Waals surface area contributed by atoms with Gasteiger partial charge in [-0.15, -0.1) is 0 Å². The second-order valence-electron chi connectivity index (χ2n) is 10.0. The molecule has 0 unspecified atom stereocenters. The highest BCUT2D eigenvalue weighted by atomic mass is 35.5. The zero-order valence-corrected chi connectivity index (χ0v) is 24.4. The summed E-state index contributed by atoms with van der Waals surface area (Å²) in [7, 11) is 0. The van der Waals surface area contributed by atoms with E-state index in [9.17, 15) is 14.7 Å². The van der Waals surface area contributed by atoms with Gasteiger partial charge in [0.05, 0.1) is 5.52 Å². The Morgan fingerprint density at radius 1 is 0.905 bits per heavy atom. The van der Waals surface area contributed by atoms with Crippen molar-refractivity contribution >= 4 is 46.6 Å². The zero-order chi connectivity index (χ0) is 30.1. The standard InChI is InChI=1S/C34H34ClNO6/c1-23-19-28(35)20-24(2)34(23)42-18-4-3-17-41-29-15-12-25(13-16-29)11-14-26-7-5-9-30-27(8-6-10-31(37)38)21-36(33(26)30)22-32(39)40/h3-5,7,9,11-16,19-21H,6,8,10,17-18,22H2,1-2H3,(H,37,38)(H,39,40)/b4-3+,14-11+. The van der Waals surface area contributed by atoms with Gasteiger partial charge in [-0.05, 0) is 90.9 Å². The summed E-state index contributed by atoms with van der Waals surface area (Å²) in [5.41, 5.74) is 5.62. The van der Waals surface area contributed by atoms with Gasteiger partial charge in [0, 0.05) is 23.0 Å². The van der Waals surface area contributed by atoms with E-state index in [1.165, 1.54) is 0 Å². The van der Waals surface area contributed by atoms with Crippen LogP contribution in [0.15, 0.2) is 72.9 Å². The highest BCUT2D eigenvalue weighted by molar-refractivity contribution is 6.30. The Morgan fingerprint density at radius 3 is 2.26 bits per heavy atom. The molecule has 42 heavy (non-hydrogen) atoms. The number of benzene rings is 3. The van der Waals surface area contributed by atoms with E-state index in [1.54, 1.807) is 4.57 Å². The van der Waals surface area contributed by atoms with E-state index in [4.69, 9.17) is 26.2 Å². The highest BCUT2D eigenvalue weighted by Gasteiger charge is 2.13. The molecule has 2 N–H and O–H groups in total. The van der Waals surface area contributed by atoms with Crippen LogP contribution in [0.3, 0.4) is 0 Å². The highest BCUT2D eigenvalue weighted by Crippen LogP contribution is 2.29. The minimum atomic E-state index is -0.938. The molecule has 1 heterocycles. The second kappa shape index (κ2) is 14.4. The lowest BCUT2D eigenvalue weighted by Crippen LogP contribution is -2.07. The van der Waals surface area contributed by atoms with Crippen LogP contribution < -0.4 is 9.47 Å². The third-order valence-electron chi connectivity index (χ3n) is 6.75. The Hall–Kier alpha value is -4.49. The van der Waals surface area contributed by atoms with Gasteiger partial charge in [0.1, 0.15) is 31.3 Å². The molecule has 1 aromatic heterocycles. The molecule has 0 amide bonds. The summed E-state index contributed by atoms with van der Waals surface area (Å²) in [4.78, 5) is 22.5. The topological polar surface area (TPSA) is 98.0 Å². The van der Waals surface area contributed by atoms with Crippen LogP contribution in [0.25, 0.3) is 23.1 Å². The van der Waals surface area contributed by atoms with Crippen molar-refractivity contribution < 1.29 is 29.3 Å². The molecule has 0 atom stereocenters. The number of hydrogen-bond donors (Lipinski definition) is 2. The number of ether oxygens (including phenoxy) is 2. The van der Waals surface area contributed by atoms with Crippen molar-refractivity contribution in [3.8, 4) is 11.5 Å². The predicted octanol–water partition coefficient (Wildman–Crippen LogP) is 7.59. The summed E-state index contributed by atoms with van der Waals surface area (Å²) in [5.74, 6) is -0.195. The molecule has 8 heteroatoms. The third-order valence-corrected chi connectivity index (χ3v) is 6.97. The molecule has 0 saturated carbocycles. The number of carboxylic acids is 2. The largest absolute Gasteiger partial charge is 0.490 e. The molecule has 0 radical (unpaired) electrons. The lowest BCUT2D eigenvalue weighted by atomic mass is 10.0. The minimum Gasteiger partial charge on any atom is -0.490 e. The van der Waals surface area contributed by atoms with Crippen molar-refractivity contribution in [2.24, 2.45) is 0 Å². The zero-order valence-electron chi connectivity index (χ0n) is 23.7. The van der Waals surface area contributed by atoms with E-state index >= 15 is 0 Å². The summed E-state index contributed by atoms with van der Waals surface area (Å²) >= 11 is 6.08. The number of fused-ring (bicyclic) bond motifs is 1. The fourth-order valence-electron chi connectivity index (χ4n) is 4.90. The van der Waals surface area contributed by atoms with Crippen molar-refractivity contribution in [3.05, 3.63) is 106 Å². The summed E-state index contributed by atoms with van der Waals surface area (Å²) in [6, 6.07) is 17.3. The summed E-state index contributed by atoms with van der Waals surface area (Å²) < 4.78 is 13.4. The second-order valence-corrected chi connectivity index (χ2v) is 10.5. The third kappa shape index (κ3) is 8.27. The van der Waals surface area contributed by atoms with Crippen molar-refractivity contribution in [1.82, 2.24) is 4.57 Å². The van der Waals surface area contributed by atoms with Crippen molar-refractivity contribution in [1.29, 1.82) is 0 Å². The molecule has 0 saturated heterocycles. The fraction of sp³-hybridized carbons (Fsp3) is 0.235. The lowest BCUT2D eigenvalue weighted by Gasteiger charge is -2.11. The summed E-state index contributed by atoms with van der Waals surface area (Å²) in [6.07, 6.45) is 10.7. The van der Waals surface area contributed by atoms with Gasteiger partial charge in [-0.3, -0.25) is 9.59 Å². The monoisotopic (exact) mass is 587 g/mol. The number of para-hydroxylation sites is 1. The van der Waals surface area contributed by atoms with Gasteiger partial charge in [-0.25, -0.2) is 0 Å². The van der Waals surface area contributed by atoms with Crippen LogP contribution in [-0.2, 0) is 22.6 Å². The van der Waals surface area contributed by atoms with Crippen LogP contribution in [0, 0.1) is 13.8 Å². The molecular formula is C34H34ClNO6. The fourth-order valence-corrected chi connectivity index (χ4v) is 5.22. The maximum Gasteiger partial charge on any atom is 0.323 e. The van der Waals surface area contributed by atoms with Crippen LogP contribution in [-0.4, -0.2) is 39.9 Å². The number of carbonyl (C=O) groups is 2. The summed E-state index contributed by atoms with van der Waals surface area (Å²) in [6.45, 7) is 4.62. The van der Waals surface area contributed by atoms with E-state index in [0.29, 0.717) is 31.1 Å². The van der Waals surface area contributed by atoms with E-state index in [0.717, 1.165) is 50.2 Å². The van der Waals surface area contributed by atoms with Crippen LogP contribution in [0.4, 0.5) is 0 Å². The predicted molar refractivity (Wildman–Crippen MR) is 167 cm³/mol. The number of hydrogen-bond acceptors (Lipinski definition) is 4. The number of halogens is 1. The Kier molecular flexibility index (Phi) is 10.5. The lowest BCUT2D eigenvalue weighted by molar-refractivity contribution is -0.138. The van der Waals surface area contributed by atoms with Crippen LogP contribution in [0.1, 0.15) is 40.7 Å². The van der Waals surface area contributed by atoms with Gasteiger partial charge in [0.2, 0.25) is 0 Å². The molecule has 0 aliphatic heterocycles. The molecule has 218 valence electrons. The SMILES string of the molecule is Cc1cc(Cl)cc(C)c1OC/C=C/COc1ccc(/C=C/c2cccc3c(CCCC(=O)O)cn(CC(=O)O)c23)cc1. The van der Waals surface area contributed by atoms with Gasteiger partial charge in [0.25, 0.3) is 0 Å². The number of aromatic nitrogens is 1. The molecule has 4 rings (SSSR count). The number of nitrogens with zero attached hydrogens (tertiary/aromatic N) is 1. The normalized spacial score (nSPS) is 11.5. The van der Waals surface area contributed by atoms with E-state index in [2.05, 4.69) is 0 Å². The Morgan fingerprint density at radius 2 is 1.60 bits per heavy atom. The van der Waals surface area contributed by atoms with Gasteiger partial charge in [-0.2, -0.15) is 0 Å². The van der Waals surface area contributed by atoms with E-state index in [1.807, 2.05) is 98.9 Å². The van der Waals surface area contributed by atoms with Crippen molar-refractivity contribution in [2.45, 2.75) is 39.7 Å². The van der Waals surface area contributed by atoms with Crippen LogP contribution in [0.2, 0.25) is 5.02 Å². The van der Waals surface area contributed by atoms with Gasteiger partial charge in [-0.1, -0.05) is 54.1 Å². The van der Waals surface area contributed by atoms with E-state index < -0.39 is 11.9 Å². The molecule has 0 aliphatic carbocycles. The molecule has 3 aromatic carbocycles. The first-order chi connectivity index (χ1) is 20.2. The maximum atomic E-state index is 11.5. The molecule has 0 spiro atoms. The minimum absolute atomic E-state index is 0.0688. The van der Waals surface area contributed by atoms with E-state index in [-0.39, 0.29) is 13.0 Å². The quantitative estimate of drug-likeness (QED) is 0.116. The van der Waals surface area contributed by atoms with Crippen LogP contribution >= 0.6 is 11.6 Å². The van der Waals surface area contributed by atoms with Crippen molar-refractivity contribution in [2.75, 3.05) is 13.2 Å². The Bertz CT molecular complexity index is 1590. The number of aliphatic carboxylic acids is 2. The Labute approximate surface area is 250 Å². The molecule has 4 aromatic rings. The average molecular weight is 588 g/mol. The molecular weight excluding hydrogens is 554 g/mol. The first kappa shape index (κ1) is 30.5. The first-order valence-corrected chi connectivity index (χ1v) is 14.1. The Balaban J connectivity index is 1.37. The number of carboxylic acid groups (broad SMARTS) is 2. The number of rotatable bonds is 14. The maximum absolute atomic E-state index is 11.5. The van der Waals surface area contributed by atoms with Crippen molar-refractivity contribution in [3.63, 3.8) is 0 Å². The molecule has 0 bridgehead atoms. The van der Waals surface area contributed by atoms with Gasteiger partial charge >= 0.3 is 11.9 Å². The molecule has 0 aliphatic rings. The van der Waals surface area contributed by atoms with Gasteiger partial charge < -0.3 is 24.3 Å².